The first kappa shape index (κ1) is 13.2. The lowest BCUT2D eigenvalue weighted by Crippen LogP contribution is -2.09. The fourth-order valence-corrected chi connectivity index (χ4v) is 2.02. The predicted molar refractivity (Wildman–Crippen MR) is 58.2 cm³/mol. The van der Waals surface area contributed by atoms with Crippen LogP contribution in [0.3, 0.4) is 0 Å². The first-order valence-electron chi connectivity index (χ1n) is 4.58. The van der Waals surface area contributed by atoms with Crippen LogP contribution in [0.1, 0.15) is 22.2 Å². The van der Waals surface area contributed by atoms with E-state index >= 15 is 0 Å². The van der Waals surface area contributed by atoms with E-state index in [0.29, 0.717) is 4.88 Å². The molecule has 0 aliphatic rings. The molecule has 96 valence electrons. The number of halogens is 4. The van der Waals surface area contributed by atoms with Crippen LogP contribution in [0.5, 0.6) is 0 Å². The largest absolute Gasteiger partial charge is 0.433 e. The highest BCUT2D eigenvalue weighted by atomic mass is 35.5. The van der Waals surface area contributed by atoms with E-state index in [2.05, 4.69) is 14.6 Å². The summed E-state index contributed by atoms with van der Waals surface area (Å²) in [6.07, 6.45) is -4.45. The summed E-state index contributed by atoms with van der Waals surface area (Å²) in [5, 5.41) is 13.0. The summed E-state index contributed by atoms with van der Waals surface area (Å²) in [5.74, 6) is 0. The van der Waals surface area contributed by atoms with Crippen molar-refractivity contribution in [2.24, 2.45) is 0 Å². The van der Waals surface area contributed by atoms with Crippen molar-refractivity contribution in [2.45, 2.75) is 12.3 Å². The molecule has 9 heteroatoms. The molecule has 0 fully saturated rings. The second-order valence-corrected chi connectivity index (χ2v) is 4.47. The molecule has 1 unspecified atom stereocenters. The topological polar surface area (TPSA) is 58.9 Å². The van der Waals surface area contributed by atoms with Crippen LogP contribution >= 0.6 is 23.1 Å². The molecule has 2 aromatic rings. The van der Waals surface area contributed by atoms with Crippen molar-refractivity contribution >= 4 is 23.1 Å². The van der Waals surface area contributed by atoms with Crippen molar-refractivity contribution < 1.29 is 18.3 Å². The molecule has 4 nitrogen and oxygen atoms in total. The SMILES string of the molecule is OC(c1cnns1)c1ccc(C(F)(F)F)nc1Cl. The van der Waals surface area contributed by atoms with Gasteiger partial charge in [0.1, 0.15) is 17.0 Å². The van der Waals surface area contributed by atoms with Crippen LogP contribution < -0.4 is 0 Å². The maximum Gasteiger partial charge on any atom is 0.433 e. The van der Waals surface area contributed by atoms with Crippen LogP contribution in [-0.2, 0) is 6.18 Å². The minimum atomic E-state index is -4.57. The summed E-state index contributed by atoms with van der Waals surface area (Å²) < 4.78 is 40.7. The average molecular weight is 296 g/mol. The molecule has 2 rings (SSSR count). The van der Waals surface area contributed by atoms with Gasteiger partial charge in [-0.05, 0) is 17.6 Å². The minimum absolute atomic E-state index is 0.0794. The monoisotopic (exact) mass is 295 g/mol. The number of aliphatic hydroxyl groups excluding tert-OH is 1. The van der Waals surface area contributed by atoms with E-state index in [1.54, 1.807) is 0 Å². The van der Waals surface area contributed by atoms with E-state index < -0.39 is 23.1 Å². The molecule has 0 bridgehead atoms. The molecule has 2 heterocycles. The smallest absolute Gasteiger partial charge is 0.383 e. The lowest BCUT2D eigenvalue weighted by molar-refractivity contribution is -0.141. The number of pyridine rings is 1. The van der Waals surface area contributed by atoms with E-state index in [1.165, 1.54) is 6.20 Å². The maximum atomic E-state index is 12.4. The molecular weight excluding hydrogens is 291 g/mol. The van der Waals surface area contributed by atoms with Gasteiger partial charge in [-0.3, -0.25) is 0 Å². The quantitative estimate of drug-likeness (QED) is 0.866. The van der Waals surface area contributed by atoms with E-state index in [9.17, 15) is 18.3 Å². The van der Waals surface area contributed by atoms with Gasteiger partial charge in [0, 0.05) is 5.56 Å². The van der Waals surface area contributed by atoms with Gasteiger partial charge in [0.15, 0.2) is 0 Å². The third-order valence-corrected chi connectivity index (χ3v) is 3.13. The number of nitrogens with zero attached hydrogens (tertiary/aromatic N) is 3. The molecule has 0 aromatic carbocycles. The zero-order chi connectivity index (χ0) is 13.3. The van der Waals surface area contributed by atoms with Crippen molar-refractivity contribution in [3.63, 3.8) is 0 Å². The molecule has 2 aromatic heterocycles. The number of hydrogen-bond acceptors (Lipinski definition) is 5. The molecule has 0 spiro atoms. The second kappa shape index (κ2) is 4.79. The van der Waals surface area contributed by atoms with Crippen LogP contribution in [0.25, 0.3) is 0 Å². The number of aliphatic hydroxyl groups is 1. The molecule has 0 aliphatic carbocycles. The van der Waals surface area contributed by atoms with Crippen molar-refractivity contribution in [2.75, 3.05) is 0 Å². The van der Waals surface area contributed by atoms with Gasteiger partial charge in [-0.1, -0.05) is 22.2 Å². The summed E-state index contributed by atoms with van der Waals surface area (Å²) in [7, 11) is 0. The van der Waals surface area contributed by atoms with Gasteiger partial charge in [-0.15, -0.1) is 5.10 Å². The summed E-state index contributed by atoms with van der Waals surface area (Å²) in [6.45, 7) is 0. The Balaban J connectivity index is 2.36. The van der Waals surface area contributed by atoms with Gasteiger partial charge >= 0.3 is 6.18 Å². The Bertz CT molecular complexity index is 546. The van der Waals surface area contributed by atoms with Gasteiger partial charge in [-0.25, -0.2) is 4.98 Å². The predicted octanol–water partition coefficient (Wildman–Crippen LogP) is 2.69. The van der Waals surface area contributed by atoms with E-state index in [1.807, 2.05) is 0 Å². The lowest BCUT2D eigenvalue weighted by atomic mass is 10.1. The zero-order valence-corrected chi connectivity index (χ0v) is 10.1. The molecule has 0 amide bonds. The van der Waals surface area contributed by atoms with Crippen LogP contribution in [-0.4, -0.2) is 19.7 Å². The van der Waals surface area contributed by atoms with E-state index in [4.69, 9.17) is 11.6 Å². The summed E-state index contributed by atoms with van der Waals surface area (Å²) in [5.41, 5.74) is -1.03. The number of rotatable bonds is 2. The number of alkyl halides is 3. The second-order valence-electron chi connectivity index (χ2n) is 3.30. The fourth-order valence-electron chi connectivity index (χ4n) is 1.26. The molecule has 0 saturated carbocycles. The number of aromatic nitrogens is 3. The molecular formula is C9H5ClF3N3OS. The van der Waals surface area contributed by atoms with Crippen LogP contribution in [0.15, 0.2) is 18.3 Å². The van der Waals surface area contributed by atoms with Crippen molar-refractivity contribution in [3.8, 4) is 0 Å². The summed E-state index contributed by atoms with van der Waals surface area (Å²) >= 11 is 6.56. The zero-order valence-electron chi connectivity index (χ0n) is 8.52. The molecule has 18 heavy (non-hydrogen) atoms. The van der Waals surface area contributed by atoms with Gasteiger partial charge in [0.05, 0.1) is 11.1 Å². The highest BCUT2D eigenvalue weighted by Crippen LogP contribution is 2.33. The Labute approximate surface area is 108 Å². The van der Waals surface area contributed by atoms with E-state index in [-0.39, 0.29) is 5.56 Å². The van der Waals surface area contributed by atoms with Gasteiger partial charge in [-0.2, -0.15) is 13.2 Å². The molecule has 0 aliphatic heterocycles. The normalized spacial score (nSPS) is 13.6. The number of hydrogen-bond donors (Lipinski definition) is 1. The van der Waals surface area contributed by atoms with E-state index in [0.717, 1.165) is 23.7 Å². The third kappa shape index (κ3) is 2.60. The molecule has 0 saturated heterocycles. The van der Waals surface area contributed by atoms with Crippen LogP contribution in [0, 0.1) is 0 Å². The maximum absolute atomic E-state index is 12.4. The highest BCUT2D eigenvalue weighted by Gasteiger charge is 2.33. The standard InChI is InChI=1S/C9H5ClF3N3OS/c10-8-4(7(17)5-3-14-16-18-5)1-2-6(15-8)9(11,12)13/h1-3,7,17H. The van der Waals surface area contributed by atoms with Crippen LogP contribution in [0.4, 0.5) is 13.2 Å². The highest BCUT2D eigenvalue weighted by molar-refractivity contribution is 7.05. The van der Waals surface area contributed by atoms with Crippen LogP contribution in [0.2, 0.25) is 5.15 Å². The average Bonchev–Trinajstić information content (AvgIpc) is 2.80. The van der Waals surface area contributed by atoms with Crippen molar-refractivity contribution in [3.05, 3.63) is 39.6 Å². The fraction of sp³-hybridized carbons (Fsp3) is 0.222. The van der Waals surface area contributed by atoms with Gasteiger partial charge < -0.3 is 5.11 Å². The third-order valence-electron chi connectivity index (χ3n) is 2.11. The Kier molecular flexibility index (Phi) is 3.51. The summed E-state index contributed by atoms with van der Waals surface area (Å²) in [6, 6.07) is 1.85. The Morgan fingerprint density at radius 3 is 2.56 bits per heavy atom. The minimum Gasteiger partial charge on any atom is -0.383 e. The van der Waals surface area contributed by atoms with Crippen molar-refractivity contribution in [1.29, 1.82) is 0 Å². The lowest BCUT2D eigenvalue weighted by Gasteiger charge is -2.12. The Morgan fingerprint density at radius 1 is 1.33 bits per heavy atom. The Morgan fingerprint density at radius 2 is 2.06 bits per heavy atom. The Hall–Kier alpha value is -1.25. The molecule has 1 atom stereocenters. The van der Waals surface area contributed by atoms with Gasteiger partial charge in [0.25, 0.3) is 0 Å². The van der Waals surface area contributed by atoms with Gasteiger partial charge in [0.2, 0.25) is 0 Å². The first-order chi connectivity index (χ1) is 8.39. The first-order valence-corrected chi connectivity index (χ1v) is 5.73. The van der Waals surface area contributed by atoms with Crippen molar-refractivity contribution in [1.82, 2.24) is 14.6 Å². The molecule has 1 N–H and O–H groups in total. The molecule has 0 radical (unpaired) electrons. The summed E-state index contributed by atoms with van der Waals surface area (Å²) in [4.78, 5) is 3.59.